The van der Waals surface area contributed by atoms with Crippen LogP contribution in [0.4, 0.5) is 5.69 Å². The maximum Gasteiger partial charge on any atom is 0.262 e. The molecular formula is C23H24N4O2S. The summed E-state index contributed by atoms with van der Waals surface area (Å²) in [4.78, 5) is 17.3. The van der Waals surface area contributed by atoms with Crippen LogP contribution >= 0.6 is 11.3 Å². The Hall–Kier alpha value is -3.19. The zero-order chi connectivity index (χ0) is 21.1. The highest BCUT2D eigenvalue weighted by atomic mass is 32.1. The van der Waals surface area contributed by atoms with Gasteiger partial charge in [-0.3, -0.25) is 9.79 Å². The molecule has 1 aliphatic rings. The van der Waals surface area contributed by atoms with Gasteiger partial charge in [-0.25, -0.2) is 4.68 Å². The second kappa shape index (κ2) is 8.67. The Morgan fingerprint density at radius 2 is 1.97 bits per heavy atom. The molecule has 0 bridgehead atoms. The Morgan fingerprint density at radius 1 is 1.17 bits per heavy atom. The SMILES string of the molecule is CC(C)N=c1scc(-c2ccc3c(c2)NC(=O)CO3)n1N=CC(C)c1ccccc1. The fourth-order valence-electron chi connectivity index (χ4n) is 3.17. The van der Waals surface area contributed by atoms with E-state index in [2.05, 4.69) is 24.4 Å². The number of ether oxygens (including phenoxy) is 1. The molecule has 2 heterocycles. The molecule has 4 rings (SSSR count). The second-order valence-electron chi connectivity index (χ2n) is 7.45. The van der Waals surface area contributed by atoms with Crippen LogP contribution in [0, 0.1) is 0 Å². The third-order valence-electron chi connectivity index (χ3n) is 4.69. The topological polar surface area (TPSA) is 68.0 Å². The average Bonchev–Trinajstić information content (AvgIpc) is 3.13. The lowest BCUT2D eigenvalue weighted by Crippen LogP contribution is -2.25. The van der Waals surface area contributed by atoms with Gasteiger partial charge in [-0.1, -0.05) is 37.3 Å². The van der Waals surface area contributed by atoms with E-state index in [1.54, 1.807) is 11.3 Å². The fourth-order valence-corrected chi connectivity index (χ4v) is 4.14. The normalized spacial score (nSPS) is 15.2. The lowest BCUT2D eigenvalue weighted by Gasteiger charge is -2.18. The van der Waals surface area contributed by atoms with E-state index in [4.69, 9.17) is 14.8 Å². The summed E-state index contributed by atoms with van der Waals surface area (Å²) in [7, 11) is 0. The Morgan fingerprint density at radius 3 is 2.73 bits per heavy atom. The fraction of sp³-hybridized carbons (Fsp3) is 0.261. The highest BCUT2D eigenvalue weighted by Gasteiger charge is 2.18. The quantitative estimate of drug-likeness (QED) is 0.618. The van der Waals surface area contributed by atoms with Crippen LogP contribution in [0.25, 0.3) is 11.3 Å². The van der Waals surface area contributed by atoms with Crippen molar-refractivity contribution >= 4 is 29.1 Å². The zero-order valence-electron chi connectivity index (χ0n) is 17.2. The molecule has 1 aromatic heterocycles. The van der Waals surface area contributed by atoms with Gasteiger partial charge >= 0.3 is 0 Å². The van der Waals surface area contributed by atoms with Crippen molar-refractivity contribution in [2.24, 2.45) is 10.1 Å². The minimum absolute atomic E-state index is 0.0455. The standard InChI is InChI=1S/C23H24N4O2S/c1-15(2)25-23-27(24-12-16(3)17-7-5-4-6-8-17)20(14-30-23)18-9-10-21-19(11-18)26-22(28)13-29-21/h4-12,14-16H,13H2,1-3H3,(H,26,28). The first kappa shape index (κ1) is 20.1. The van der Waals surface area contributed by atoms with Crippen LogP contribution in [-0.2, 0) is 4.79 Å². The number of anilines is 1. The molecule has 0 radical (unpaired) electrons. The molecule has 6 nitrogen and oxygen atoms in total. The molecule has 7 heteroatoms. The van der Waals surface area contributed by atoms with Crippen LogP contribution in [0.3, 0.4) is 0 Å². The number of hydrogen-bond donors (Lipinski definition) is 1. The minimum Gasteiger partial charge on any atom is -0.482 e. The molecule has 154 valence electrons. The highest BCUT2D eigenvalue weighted by molar-refractivity contribution is 7.07. The van der Waals surface area contributed by atoms with Crippen LogP contribution in [-0.4, -0.2) is 29.4 Å². The summed E-state index contributed by atoms with van der Waals surface area (Å²) in [6.07, 6.45) is 1.94. The van der Waals surface area contributed by atoms with Gasteiger partial charge in [-0.2, -0.15) is 5.10 Å². The van der Waals surface area contributed by atoms with E-state index in [0.717, 1.165) is 16.1 Å². The van der Waals surface area contributed by atoms with Crippen molar-refractivity contribution in [3.63, 3.8) is 0 Å². The van der Waals surface area contributed by atoms with Gasteiger partial charge < -0.3 is 10.1 Å². The molecule has 0 saturated heterocycles. The van der Waals surface area contributed by atoms with Crippen LogP contribution in [0.2, 0.25) is 0 Å². The highest BCUT2D eigenvalue weighted by Crippen LogP contribution is 2.33. The number of aromatic nitrogens is 1. The number of carbonyl (C=O) groups excluding carboxylic acids is 1. The first-order chi connectivity index (χ1) is 14.5. The maximum absolute atomic E-state index is 11.7. The van der Waals surface area contributed by atoms with Crippen LogP contribution < -0.4 is 14.9 Å². The van der Waals surface area contributed by atoms with Gasteiger partial charge in [-0.15, -0.1) is 11.3 Å². The summed E-state index contributed by atoms with van der Waals surface area (Å²) in [5.74, 6) is 0.686. The number of hydrogen-bond acceptors (Lipinski definition) is 5. The molecule has 3 aromatic rings. The van der Waals surface area contributed by atoms with Gasteiger partial charge in [0.2, 0.25) is 4.80 Å². The van der Waals surface area contributed by atoms with Crippen LogP contribution in [0.1, 0.15) is 32.3 Å². The van der Waals surface area contributed by atoms with E-state index >= 15 is 0 Å². The Balaban J connectivity index is 1.75. The van der Waals surface area contributed by atoms with Gasteiger partial charge in [0.05, 0.1) is 11.4 Å². The average molecular weight is 421 g/mol. The van der Waals surface area contributed by atoms with Crippen LogP contribution in [0.5, 0.6) is 5.75 Å². The molecule has 1 N–H and O–H groups in total. The lowest BCUT2D eigenvalue weighted by molar-refractivity contribution is -0.118. The van der Waals surface area contributed by atoms with E-state index < -0.39 is 0 Å². The number of benzene rings is 2. The number of amides is 1. The van der Waals surface area contributed by atoms with Crippen molar-refractivity contribution in [3.05, 3.63) is 64.3 Å². The maximum atomic E-state index is 11.7. The van der Waals surface area contributed by atoms with Crippen molar-refractivity contribution in [3.8, 4) is 17.0 Å². The van der Waals surface area contributed by atoms with Gasteiger partial charge in [0.1, 0.15) is 5.75 Å². The minimum atomic E-state index is -0.150. The smallest absolute Gasteiger partial charge is 0.262 e. The molecule has 0 spiro atoms. The molecule has 1 aliphatic heterocycles. The predicted molar refractivity (Wildman–Crippen MR) is 121 cm³/mol. The monoisotopic (exact) mass is 420 g/mol. The third-order valence-corrected chi connectivity index (χ3v) is 5.52. The molecule has 0 aliphatic carbocycles. The van der Waals surface area contributed by atoms with Gasteiger partial charge in [0, 0.05) is 29.1 Å². The third kappa shape index (κ3) is 4.36. The number of nitrogens with zero attached hydrogens (tertiary/aromatic N) is 3. The van der Waals surface area contributed by atoms with E-state index in [1.807, 2.05) is 66.5 Å². The van der Waals surface area contributed by atoms with E-state index in [1.165, 1.54) is 5.56 Å². The second-order valence-corrected chi connectivity index (χ2v) is 8.29. The molecule has 1 amide bonds. The number of nitrogens with one attached hydrogen (secondary N) is 1. The molecule has 30 heavy (non-hydrogen) atoms. The predicted octanol–water partition coefficient (Wildman–Crippen LogP) is 4.49. The summed E-state index contributed by atoms with van der Waals surface area (Å²) in [6, 6.07) is 16.2. The van der Waals surface area contributed by atoms with Crippen molar-refractivity contribution in [2.45, 2.75) is 32.7 Å². The van der Waals surface area contributed by atoms with Gasteiger partial charge in [-0.05, 0) is 37.6 Å². The number of rotatable bonds is 5. The van der Waals surface area contributed by atoms with Crippen molar-refractivity contribution < 1.29 is 9.53 Å². The Bertz CT molecular complexity index is 1150. The molecule has 2 aromatic carbocycles. The zero-order valence-corrected chi connectivity index (χ0v) is 18.0. The van der Waals surface area contributed by atoms with Gasteiger partial charge in [0.15, 0.2) is 6.61 Å². The molecule has 0 saturated carbocycles. The molecule has 0 fully saturated rings. The number of fused-ring (bicyclic) bond motifs is 1. The van der Waals surface area contributed by atoms with Crippen LogP contribution in [0.15, 0.2) is 64.0 Å². The lowest BCUT2D eigenvalue weighted by atomic mass is 10.0. The Kier molecular flexibility index (Phi) is 5.81. The van der Waals surface area contributed by atoms with Crippen molar-refractivity contribution in [2.75, 3.05) is 11.9 Å². The molecule has 1 atom stereocenters. The summed E-state index contributed by atoms with van der Waals surface area (Å²) in [5.41, 5.74) is 3.73. The summed E-state index contributed by atoms with van der Waals surface area (Å²) >= 11 is 1.55. The van der Waals surface area contributed by atoms with Crippen molar-refractivity contribution in [1.82, 2.24) is 4.68 Å². The number of carbonyl (C=O) groups is 1. The molecular weight excluding hydrogens is 396 g/mol. The molecule has 1 unspecified atom stereocenters. The van der Waals surface area contributed by atoms with Crippen molar-refractivity contribution in [1.29, 1.82) is 0 Å². The van der Waals surface area contributed by atoms with E-state index in [-0.39, 0.29) is 24.5 Å². The van der Waals surface area contributed by atoms with E-state index in [0.29, 0.717) is 11.4 Å². The number of thiazole rings is 1. The van der Waals surface area contributed by atoms with E-state index in [9.17, 15) is 4.79 Å². The van der Waals surface area contributed by atoms with Gasteiger partial charge in [0.25, 0.3) is 5.91 Å². The first-order valence-electron chi connectivity index (χ1n) is 9.92. The first-order valence-corrected chi connectivity index (χ1v) is 10.8. The summed E-state index contributed by atoms with van der Waals surface area (Å²) in [6.45, 7) is 6.26. The summed E-state index contributed by atoms with van der Waals surface area (Å²) in [5, 5.41) is 9.70. The Labute approximate surface area is 179 Å². The largest absolute Gasteiger partial charge is 0.482 e. The summed E-state index contributed by atoms with van der Waals surface area (Å²) < 4.78 is 7.35.